The van der Waals surface area contributed by atoms with E-state index in [-0.39, 0.29) is 11.9 Å². The first-order valence-electron chi connectivity index (χ1n) is 4.88. The maximum Gasteiger partial charge on any atom is 0.329 e. The molecule has 1 aromatic heterocycles. The van der Waals surface area contributed by atoms with Crippen molar-refractivity contribution < 1.29 is 4.74 Å². The Morgan fingerprint density at radius 2 is 2.40 bits per heavy atom. The fraction of sp³-hybridized carbons (Fsp3) is 0.556. The van der Waals surface area contributed by atoms with Crippen LogP contribution in [0.4, 0.5) is 5.82 Å². The van der Waals surface area contributed by atoms with Gasteiger partial charge in [0.2, 0.25) is 0 Å². The van der Waals surface area contributed by atoms with Gasteiger partial charge in [-0.25, -0.2) is 4.79 Å². The summed E-state index contributed by atoms with van der Waals surface area (Å²) in [6.45, 7) is 1.13. The highest BCUT2D eigenvalue weighted by Crippen LogP contribution is 2.13. The summed E-state index contributed by atoms with van der Waals surface area (Å²) in [6.07, 6.45) is 1.95. The van der Waals surface area contributed by atoms with Crippen LogP contribution in [-0.2, 0) is 11.3 Å². The van der Waals surface area contributed by atoms with Crippen LogP contribution in [0.1, 0.15) is 12.8 Å². The van der Waals surface area contributed by atoms with Gasteiger partial charge in [-0.3, -0.25) is 14.3 Å². The van der Waals surface area contributed by atoms with Gasteiger partial charge in [0.05, 0.1) is 12.6 Å². The van der Waals surface area contributed by atoms with E-state index in [1.165, 1.54) is 10.6 Å². The SMILES string of the molecule is Nc1cc(=O)[nH]c(=O)n1C[C@H]1CCCO1. The first-order chi connectivity index (χ1) is 7.16. The molecule has 1 aliphatic rings. The second-order valence-electron chi connectivity index (χ2n) is 3.61. The van der Waals surface area contributed by atoms with Gasteiger partial charge < -0.3 is 10.5 Å². The van der Waals surface area contributed by atoms with Gasteiger partial charge in [0.15, 0.2) is 0 Å². The minimum absolute atomic E-state index is 0.0240. The van der Waals surface area contributed by atoms with Gasteiger partial charge in [-0.05, 0) is 12.8 Å². The number of H-pyrrole nitrogens is 1. The number of nitrogens with one attached hydrogen (secondary N) is 1. The van der Waals surface area contributed by atoms with Crippen molar-refractivity contribution in [2.45, 2.75) is 25.5 Å². The van der Waals surface area contributed by atoms with Crippen LogP contribution in [0.2, 0.25) is 0 Å². The lowest BCUT2D eigenvalue weighted by Crippen LogP contribution is -2.34. The Labute approximate surface area is 85.7 Å². The largest absolute Gasteiger partial charge is 0.385 e. The molecule has 6 heteroatoms. The third-order valence-corrected chi connectivity index (χ3v) is 2.48. The molecule has 0 radical (unpaired) electrons. The van der Waals surface area contributed by atoms with Gasteiger partial charge in [0.25, 0.3) is 5.56 Å². The number of ether oxygens (including phenoxy) is 1. The van der Waals surface area contributed by atoms with Crippen LogP contribution in [0.25, 0.3) is 0 Å². The topological polar surface area (TPSA) is 90.1 Å². The highest BCUT2D eigenvalue weighted by atomic mass is 16.5. The van der Waals surface area contributed by atoms with Crippen molar-refractivity contribution in [1.82, 2.24) is 9.55 Å². The van der Waals surface area contributed by atoms with Crippen molar-refractivity contribution in [3.8, 4) is 0 Å². The van der Waals surface area contributed by atoms with Crippen LogP contribution in [0.3, 0.4) is 0 Å². The standard InChI is InChI=1S/C9H13N3O3/c10-7-4-8(13)11-9(14)12(7)5-6-2-1-3-15-6/h4,6H,1-3,5,10H2,(H,11,13,14)/t6-/m1/s1. The quantitative estimate of drug-likeness (QED) is 0.676. The van der Waals surface area contributed by atoms with E-state index < -0.39 is 11.2 Å². The molecule has 0 amide bonds. The molecule has 1 aromatic rings. The number of aromatic amines is 1. The average molecular weight is 211 g/mol. The molecule has 0 unspecified atom stereocenters. The van der Waals surface area contributed by atoms with Crippen LogP contribution in [-0.4, -0.2) is 22.3 Å². The number of anilines is 1. The fourth-order valence-electron chi connectivity index (χ4n) is 1.72. The van der Waals surface area contributed by atoms with Crippen LogP contribution >= 0.6 is 0 Å². The zero-order valence-corrected chi connectivity index (χ0v) is 8.23. The maximum absolute atomic E-state index is 11.4. The number of hydrogen-bond acceptors (Lipinski definition) is 4. The second kappa shape index (κ2) is 3.90. The van der Waals surface area contributed by atoms with Gasteiger partial charge >= 0.3 is 5.69 Å². The maximum atomic E-state index is 11.4. The van der Waals surface area contributed by atoms with E-state index in [0.717, 1.165) is 19.4 Å². The van der Waals surface area contributed by atoms with E-state index in [2.05, 4.69) is 4.98 Å². The molecular formula is C9H13N3O3. The normalized spacial score (nSPS) is 20.7. The van der Waals surface area contributed by atoms with Crippen LogP contribution in [0, 0.1) is 0 Å². The summed E-state index contributed by atoms with van der Waals surface area (Å²) >= 11 is 0. The van der Waals surface area contributed by atoms with Gasteiger partial charge in [-0.15, -0.1) is 0 Å². The summed E-state index contributed by atoms with van der Waals surface area (Å²) in [5.74, 6) is 0.180. The van der Waals surface area contributed by atoms with Crippen molar-refractivity contribution in [2.75, 3.05) is 12.3 Å². The van der Waals surface area contributed by atoms with Gasteiger partial charge in [-0.1, -0.05) is 0 Å². The van der Waals surface area contributed by atoms with E-state index >= 15 is 0 Å². The summed E-state index contributed by atoms with van der Waals surface area (Å²) in [5.41, 5.74) is 4.64. The Morgan fingerprint density at radius 1 is 1.60 bits per heavy atom. The minimum atomic E-state index is -0.476. The molecule has 0 aromatic carbocycles. The zero-order valence-electron chi connectivity index (χ0n) is 8.23. The third-order valence-electron chi connectivity index (χ3n) is 2.48. The van der Waals surface area contributed by atoms with E-state index in [1.807, 2.05) is 0 Å². The number of hydrogen-bond donors (Lipinski definition) is 2. The highest BCUT2D eigenvalue weighted by molar-refractivity contribution is 5.26. The summed E-state index contributed by atoms with van der Waals surface area (Å²) in [7, 11) is 0. The van der Waals surface area contributed by atoms with Crippen molar-refractivity contribution in [3.05, 3.63) is 26.9 Å². The Balaban J connectivity index is 2.27. The van der Waals surface area contributed by atoms with Gasteiger partial charge in [0.1, 0.15) is 5.82 Å². The predicted octanol–water partition coefficient (Wildman–Crippen LogP) is -0.702. The molecular weight excluding hydrogens is 198 g/mol. The first-order valence-corrected chi connectivity index (χ1v) is 4.88. The molecule has 1 fully saturated rings. The minimum Gasteiger partial charge on any atom is -0.385 e. The molecule has 3 N–H and O–H groups in total. The van der Waals surface area contributed by atoms with E-state index in [0.29, 0.717) is 6.54 Å². The molecule has 6 nitrogen and oxygen atoms in total. The number of nitrogens with two attached hydrogens (primary N) is 1. The second-order valence-corrected chi connectivity index (χ2v) is 3.61. The summed E-state index contributed by atoms with van der Waals surface area (Å²) in [4.78, 5) is 24.5. The lowest BCUT2D eigenvalue weighted by Gasteiger charge is -2.12. The van der Waals surface area contributed by atoms with Gasteiger partial charge in [0, 0.05) is 12.7 Å². The Hall–Kier alpha value is -1.56. The molecule has 0 aliphatic carbocycles. The van der Waals surface area contributed by atoms with Crippen LogP contribution < -0.4 is 17.0 Å². The van der Waals surface area contributed by atoms with Crippen molar-refractivity contribution >= 4 is 5.82 Å². The Bertz CT molecular complexity index is 456. The van der Waals surface area contributed by atoms with Crippen molar-refractivity contribution in [2.24, 2.45) is 0 Å². The molecule has 2 rings (SSSR count). The number of nitrogens with zero attached hydrogens (tertiary/aromatic N) is 1. The third kappa shape index (κ3) is 2.10. The molecule has 1 saturated heterocycles. The molecule has 2 heterocycles. The monoisotopic (exact) mass is 211 g/mol. The molecule has 15 heavy (non-hydrogen) atoms. The van der Waals surface area contributed by atoms with Crippen LogP contribution in [0.5, 0.6) is 0 Å². The van der Waals surface area contributed by atoms with Gasteiger partial charge in [-0.2, -0.15) is 0 Å². The number of nitrogen functional groups attached to an aromatic ring is 1. The molecule has 1 aliphatic heterocycles. The summed E-state index contributed by atoms with van der Waals surface area (Å²) < 4.78 is 6.72. The molecule has 1 atom stereocenters. The smallest absolute Gasteiger partial charge is 0.329 e. The average Bonchev–Trinajstić information content (AvgIpc) is 2.63. The zero-order chi connectivity index (χ0) is 10.8. The lowest BCUT2D eigenvalue weighted by atomic mass is 10.2. The molecule has 0 bridgehead atoms. The Kier molecular flexibility index (Phi) is 2.59. The number of rotatable bonds is 2. The first kappa shape index (κ1) is 9.97. The lowest BCUT2D eigenvalue weighted by molar-refractivity contribution is 0.0963. The molecule has 0 spiro atoms. The highest BCUT2D eigenvalue weighted by Gasteiger charge is 2.17. The number of aromatic nitrogens is 2. The molecule has 82 valence electrons. The van der Waals surface area contributed by atoms with E-state index in [4.69, 9.17) is 10.5 Å². The summed E-state index contributed by atoms with van der Waals surface area (Å²) in [5, 5.41) is 0. The fourth-order valence-corrected chi connectivity index (χ4v) is 1.72. The summed E-state index contributed by atoms with van der Waals surface area (Å²) in [6, 6.07) is 1.20. The van der Waals surface area contributed by atoms with Crippen LogP contribution in [0.15, 0.2) is 15.7 Å². The van der Waals surface area contributed by atoms with Crippen molar-refractivity contribution in [3.63, 3.8) is 0 Å². The molecule has 0 saturated carbocycles. The predicted molar refractivity (Wildman–Crippen MR) is 54.7 cm³/mol. The van der Waals surface area contributed by atoms with Crippen molar-refractivity contribution in [1.29, 1.82) is 0 Å². The van der Waals surface area contributed by atoms with E-state index in [9.17, 15) is 9.59 Å². The van der Waals surface area contributed by atoms with E-state index in [1.54, 1.807) is 0 Å². The Morgan fingerprint density at radius 3 is 3.00 bits per heavy atom.